The van der Waals surface area contributed by atoms with Crippen LogP contribution in [0.25, 0.3) is 0 Å². The molecule has 0 saturated carbocycles. The molecule has 0 radical (unpaired) electrons. The molecule has 0 bridgehead atoms. The summed E-state index contributed by atoms with van der Waals surface area (Å²) in [5.74, 6) is -0.691. The predicted molar refractivity (Wildman–Crippen MR) is 53.3 cm³/mol. The van der Waals surface area contributed by atoms with Crippen LogP contribution in [0.1, 0.15) is 18.6 Å². The van der Waals surface area contributed by atoms with Gasteiger partial charge in [-0.25, -0.2) is 4.79 Å². The molecule has 16 heavy (non-hydrogen) atoms. The maximum absolute atomic E-state index is 11.4. The molecule has 2 N–H and O–H groups in total. The first kappa shape index (κ1) is 12.3. The Morgan fingerprint density at radius 1 is 1.75 bits per heavy atom. The molecule has 1 amide bonds. The van der Waals surface area contributed by atoms with E-state index in [0.717, 1.165) is 0 Å². The van der Waals surface area contributed by atoms with Crippen molar-refractivity contribution in [2.75, 3.05) is 6.61 Å². The zero-order valence-corrected chi connectivity index (χ0v) is 8.75. The third kappa shape index (κ3) is 2.83. The largest absolute Gasteiger partial charge is 0.472 e. The molecular formula is C10H13NO5. The fourth-order valence-electron chi connectivity index (χ4n) is 1.23. The second kappa shape index (κ2) is 5.92. The van der Waals surface area contributed by atoms with Crippen LogP contribution >= 0.6 is 0 Å². The first-order valence-electron chi connectivity index (χ1n) is 4.77. The maximum atomic E-state index is 11.4. The Morgan fingerprint density at radius 2 is 2.50 bits per heavy atom. The van der Waals surface area contributed by atoms with Crippen molar-refractivity contribution in [3.05, 3.63) is 24.2 Å². The van der Waals surface area contributed by atoms with E-state index in [1.165, 1.54) is 18.6 Å². The van der Waals surface area contributed by atoms with Crippen molar-refractivity contribution in [1.29, 1.82) is 0 Å². The molecule has 1 rings (SSSR count). The van der Waals surface area contributed by atoms with E-state index in [0.29, 0.717) is 12.0 Å². The molecule has 6 heteroatoms. The quantitative estimate of drug-likeness (QED) is 0.527. The van der Waals surface area contributed by atoms with Crippen molar-refractivity contribution in [2.24, 2.45) is 0 Å². The Morgan fingerprint density at radius 3 is 3.00 bits per heavy atom. The van der Waals surface area contributed by atoms with Crippen molar-refractivity contribution >= 4 is 12.4 Å². The second-order valence-corrected chi connectivity index (χ2v) is 3.02. The minimum absolute atomic E-state index is 0.175. The Hall–Kier alpha value is -1.82. The number of amides is 1. The standard InChI is InChI=1S/C10H13NO5/c1-2-16-10(14)8(11-6-12)9(13)7-3-4-15-5-7/h3-6,8-9,13H,2H2,1H3,(H,11,12). The summed E-state index contributed by atoms with van der Waals surface area (Å²) in [7, 11) is 0. The van der Waals surface area contributed by atoms with E-state index >= 15 is 0 Å². The van der Waals surface area contributed by atoms with Gasteiger partial charge in [-0.05, 0) is 13.0 Å². The topological polar surface area (TPSA) is 88.8 Å². The number of hydrogen-bond acceptors (Lipinski definition) is 5. The highest BCUT2D eigenvalue weighted by molar-refractivity contribution is 5.79. The van der Waals surface area contributed by atoms with Gasteiger partial charge in [-0.2, -0.15) is 0 Å². The van der Waals surface area contributed by atoms with E-state index in [-0.39, 0.29) is 6.61 Å². The molecule has 6 nitrogen and oxygen atoms in total. The Bertz CT molecular complexity index is 335. The lowest BCUT2D eigenvalue weighted by Gasteiger charge is -2.19. The molecule has 2 unspecified atom stereocenters. The second-order valence-electron chi connectivity index (χ2n) is 3.02. The van der Waals surface area contributed by atoms with Gasteiger partial charge < -0.3 is 19.6 Å². The van der Waals surface area contributed by atoms with Gasteiger partial charge in [-0.15, -0.1) is 0 Å². The summed E-state index contributed by atoms with van der Waals surface area (Å²) in [5, 5.41) is 12.0. The highest BCUT2D eigenvalue weighted by Crippen LogP contribution is 2.17. The minimum Gasteiger partial charge on any atom is -0.472 e. The predicted octanol–water partition coefficient (Wildman–Crippen LogP) is -0.00930. The molecule has 1 aromatic rings. The van der Waals surface area contributed by atoms with Gasteiger partial charge in [0.05, 0.1) is 19.1 Å². The van der Waals surface area contributed by atoms with Gasteiger partial charge in [-0.3, -0.25) is 4.79 Å². The summed E-state index contributed by atoms with van der Waals surface area (Å²) in [6.45, 7) is 1.81. The number of aliphatic hydroxyl groups is 1. The minimum atomic E-state index is -1.19. The highest BCUT2D eigenvalue weighted by atomic mass is 16.5. The number of aliphatic hydroxyl groups excluding tert-OH is 1. The normalized spacial score (nSPS) is 13.9. The summed E-state index contributed by atoms with van der Waals surface area (Å²) >= 11 is 0. The van der Waals surface area contributed by atoms with Crippen molar-refractivity contribution in [1.82, 2.24) is 5.32 Å². The SMILES string of the molecule is CCOC(=O)C(NC=O)C(O)c1ccoc1. The lowest BCUT2D eigenvalue weighted by molar-refractivity contribution is -0.149. The fourth-order valence-corrected chi connectivity index (χ4v) is 1.23. The molecule has 2 atom stereocenters. The van der Waals surface area contributed by atoms with Gasteiger partial charge in [0.25, 0.3) is 0 Å². The van der Waals surface area contributed by atoms with E-state index in [2.05, 4.69) is 5.32 Å². The van der Waals surface area contributed by atoms with E-state index in [4.69, 9.17) is 9.15 Å². The first-order valence-corrected chi connectivity index (χ1v) is 4.77. The number of carbonyl (C=O) groups excluding carboxylic acids is 2. The molecule has 0 spiro atoms. The number of furan rings is 1. The van der Waals surface area contributed by atoms with Gasteiger partial charge in [0.15, 0.2) is 6.04 Å². The van der Waals surface area contributed by atoms with E-state index in [1.54, 1.807) is 6.92 Å². The average molecular weight is 227 g/mol. The lowest BCUT2D eigenvalue weighted by Crippen LogP contribution is -2.42. The molecule has 0 aliphatic rings. The molecular weight excluding hydrogens is 214 g/mol. The van der Waals surface area contributed by atoms with Crippen molar-refractivity contribution in [2.45, 2.75) is 19.1 Å². The van der Waals surface area contributed by atoms with Gasteiger partial charge in [0.1, 0.15) is 6.10 Å². The summed E-state index contributed by atoms with van der Waals surface area (Å²) in [5.41, 5.74) is 0.396. The van der Waals surface area contributed by atoms with E-state index < -0.39 is 18.1 Å². The third-order valence-electron chi connectivity index (χ3n) is 1.99. The van der Waals surface area contributed by atoms with Crippen LogP contribution in [0.3, 0.4) is 0 Å². The Labute approximate surface area is 92.2 Å². The first-order chi connectivity index (χ1) is 7.70. The summed E-state index contributed by atoms with van der Waals surface area (Å²) in [6, 6.07) is 0.374. The van der Waals surface area contributed by atoms with Gasteiger partial charge in [0, 0.05) is 5.56 Å². The number of nitrogens with one attached hydrogen (secondary N) is 1. The zero-order valence-electron chi connectivity index (χ0n) is 8.75. The Balaban J connectivity index is 2.76. The summed E-state index contributed by atoms with van der Waals surface area (Å²) in [4.78, 5) is 21.8. The molecule has 0 fully saturated rings. The van der Waals surface area contributed by atoms with Crippen LogP contribution in [0, 0.1) is 0 Å². The zero-order chi connectivity index (χ0) is 12.0. The number of esters is 1. The van der Waals surface area contributed by atoms with Crippen LogP contribution in [0.4, 0.5) is 0 Å². The fraction of sp³-hybridized carbons (Fsp3) is 0.400. The number of hydrogen-bond donors (Lipinski definition) is 2. The highest BCUT2D eigenvalue weighted by Gasteiger charge is 2.29. The Kier molecular flexibility index (Phi) is 4.53. The molecule has 0 saturated heterocycles. The smallest absolute Gasteiger partial charge is 0.331 e. The molecule has 0 aliphatic carbocycles. The number of carbonyl (C=O) groups is 2. The van der Waals surface area contributed by atoms with Crippen molar-refractivity contribution in [3.63, 3.8) is 0 Å². The van der Waals surface area contributed by atoms with Gasteiger partial charge in [0.2, 0.25) is 6.41 Å². The van der Waals surface area contributed by atoms with Crippen LogP contribution < -0.4 is 5.32 Å². The lowest BCUT2D eigenvalue weighted by atomic mass is 10.1. The van der Waals surface area contributed by atoms with Crippen molar-refractivity contribution < 1.29 is 23.8 Å². The number of rotatable bonds is 6. The molecule has 88 valence electrons. The monoisotopic (exact) mass is 227 g/mol. The van der Waals surface area contributed by atoms with Crippen LogP contribution in [0.15, 0.2) is 23.0 Å². The average Bonchev–Trinajstić information content (AvgIpc) is 2.78. The van der Waals surface area contributed by atoms with Crippen molar-refractivity contribution in [3.8, 4) is 0 Å². The van der Waals surface area contributed by atoms with Crippen LogP contribution in [-0.2, 0) is 14.3 Å². The third-order valence-corrected chi connectivity index (χ3v) is 1.99. The molecule has 1 heterocycles. The molecule has 1 aromatic heterocycles. The van der Waals surface area contributed by atoms with Gasteiger partial charge in [-0.1, -0.05) is 0 Å². The van der Waals surface area contributed by atoms with E-state index in [9.17, 15) is 14.7 Å². The van der Waals surface area contributed by atoms with E-state index in [1.807, 2.05) is 0 Å². The number of ether oxygens (including phenoxy) is 1. The summed E-state index contributed by atoms with van der Waals surface area (Å²) in [6.07, 6.45) is 1.80. The maximum Gasteiger partial charge on any atom is 0.331 e. The van der Waals surface area contributed by atoms with Crippen LogP contribution in [0.5, 0.6) is 0 Å². The molecule has 0 aromatic carbocycles. The summed E-state index contributed by atoms with van der Waals surface area (Å²) < 4.78 is 9.50. The van der Waals surface area contributed by atoms with Crippen LogP contribution in [0.2, 0.25) is 0 Å². The van der Waals surface area contributed by atoms with Crippen LogP contribution in [-0.4, -0.2) is 30.1 Å². The molecule has 0 aliphatic heterocycles. The van der Waals surface area contributed by atoms with Gasteiger partial charge >= 0.3 is 5.97 Å².